The molecule has 4 atom stereocenters. The zero-order valence-electron chi connectivity index (χ0n) is 9.55. The topological polar surface area (TPSA) is 65.0 Å². The standard InChI is InChI=1S/C12H16O5/c13-10-11(14)5-7(15-10)9-8(6-11)16-12(17-9)3-1-2-4-12/h7-9,14H,1-6H2/t7-,8-,9+,11-/m1/s1. The molecule has 2 aliphatic carbocycles. The minimum atomic E-state index is -1.33. The number of hydrogen-bond acceptors (Lipinski definition) is 5. The lowest BCUT2D eigenvalue weighted by atomic mass is 9.82. The molecule has 1 N–H and O–H groups in total. The summed E-state index contributed by atoms with van der Waals surface area (Å²) in [7, 11) is 0. The molecule has 0 radical (unpaired) electrons. The van der Waals surface area contributed by atoms with Crippen molar-refractivity contribution in [2.45, 2.75) is 68.2 Å². The number of aliphatic hydroxyl groups is 1. The maximum atomic E-state index is 11.5. The molecule has 0 amide bonds. The lowest BCUT2D eigenvalue weighted by Gasteiger charge is -2.29. The van der Waals surface area contributed by atoms with Crippen molar-refractivity contribution in [1.29, 1.82) is 0 Å². The summed E-state index contributed by atoms with van der Waals surface area (Å²) in [6.07, 6.45) is 4.04. The minimum Gasteiger partial charge on any atom is -0.457 e. The highest BCUT2D eigenvalue weighted by Crippen LogP contribution is 2.50. The molecule has 0 unspecified atom stereocenters. The van der Waals surface area contributed by atoms with Crippen LogP contribution in [0.2, 0.25) is 0 Å². The third-order valence-electron chi connectivity index (χ3n) is 4.53. The second kappa shape index (κ2) is 3.02. The summed E-state index contributed by atoms with van der Waals surface area (Å²) < 4.78 is 17.2. The highest BCUT2D eigenvalue weighted by molar-refractivity contribution is 5.82. The van der Waals surface area contributed by atoms with Gasteiger partial charge in [-0.2, -0.15) is 0 Å². The first-order valence-electron chi connectivity index (χ1n) is 6.39. The number of hydrogen-bond donors (Lipinski definition) is 1. The zero-order chi connectivity index (χ0) is 11.7. The van der Waals surface area contributed by atoms with Crippen molar-refractivity contribution >= 4 is 5.97 Å². The first-order valence-corrected chi connectivity index (χ1v) is 6.39. The predicted octanol–water partition coefficient (Wildman–Crippen LogP) is 0.491. The third-order valence-corrected chi connectivity index (χ3v) is 4.53. The van der Waals surface area contributed by atoms with Crippen LogP contribution in [0.15, 0.2) is 0 Å². The first-order chi connectivity index (χ1) is 8.10. The molecule has 2 saturated carbocycles. The largest absolute Gasteiger partial charge is 0.457 e. The SMILES string of the molecule is O=C1O[C@@H]2C[C@@]1(O)C[C@H]1OC3(CCCC3)O[C@@H]21. The van der Waals surface area contributed by atoms with Crippen LogP contribution in [0.4, 0.5) is 0 Å². The van der Waals surface area contributed by atoms with Gasteiger partial charge in [0.1, 0.15) is 12.2 Å². The Kier molecular flexibility index (Phi) is 1.83. The van der Waals surface area contributed by atoms with Crippen LogP contribution in [0.3, 0.4) is 0 Å². The van der Waals surface area contributed by atoms with Crippen LogP contribution in [0.25, 0.3) is 0 Å². The second-order valence-corrected chi connectivity index (χ2v) is 5.74. The zero-order valence-corrected chi connectivity index (χ0v) is 9.55. The van der Waals surface area contributed by atoms with E-state index < -0.39 is 17.4 Å². The number of ether oxygens (including phenoxy) is 3. The van der Waals surface area contributed by atoms with Gasteiger partial charge in [0.2, 0.25) is 0 Å². The van der Waals surface area contributed by atoms with Crippen LogP contribution in [0.5, 0.6) is 0 Å². The molecular formula is C12H16O5. The summed E-state index contributed by atoms with van der Waals surface area (Å²) in [5.41, 5.74) is -1.33. The van der Waals surface area contributed by atoms with Gasteiger partial charge in [0.15, 0.2) is 11.4 Å². The smallest absolute Gasteiger partial charge is 0.338 e. The van der Waals surface area contributed by atoms with Gasteiger partial charge in [-0.15, -0.1) is 0 Å². The molecule has 4 rings (SSSR count). The summed E-state index contributed by atoms with van der Waals surface area (Å²) in [4.78, 5) is 11.5. The number of fused-ring (bicyclic) bond motifs is 4. The molecule has 0 aromatic heterocycles. The van der Waals surface area contributed by atoms with Gasteiger partial charge >= 0.3 is 5.97 Å². The van der Waals surface area contributed by atoms with Gasteiger partial charge in [-0.25, -0.2) is 4.79 Å². The Bertz CT molecular complexity index is 375. The molecule has 2 saturated heterocycles. The molecule has 94 valence electrons. The van der Waals surface area contributed by atoms with Crippen LogP contribution in [0, 0.1) is 0 Å². The molecule has 2 aliphatic heterocycles. The normalized spacial score (nSPS) is 50.6. The number of rotatable bonds is 0. The Morgan fingerprint density at radius 2 is 1.82 bits per heavy atom. The van der Waals surface area contributed by atoms with Gasteiger partial charge in [0, 0.05) is 25.7 Å². The van der Waals surface area contributed by atoms with E-state index in [9.17, 15) is 9.90 Å². The van der Waals surface area contributed by atoms with Crippen molar-refractivity contribution in [2.24, 2.45) is 0 Å². The Labute approximate surface area is 99.0 Å². The first kappa shape index (κ1) is 10.3. The molecule has 2 heterocycles. The van der Waals surface area contributed by atoms with E-state index >= 15 is 0 Å². The van der Waals surface area contributed by atoms with Crippen LogP contribution in [-0.2, 0) is 19.0 Å². The second-order valence-electron chi connectivity index (χ2n) is 5.74. The van der Waals surface area contributed by atoms with E-state index in [1.807, 2.05) is 0 Å². The van der Waals surface area contributed by atoms with Gasteiger partial charge in [-0.05, 0) is 12.8 Å². The third kappa shape index (κ3) is 1.27. The molecule has 5 nitrogen and oxygen atoms in total. The van der Waals surface area contributed by atoms with Gasteiger partial charge in [0.05, 0.1) is 6.10 Å². The predicted molar refractivity (Wildman–Crippen MR) is 55.0 cm³/mol. The fraction of sp³-hybridized carbons (Fsp3) is 0.917. The Morgan fingerprint density at radius 3 is 2.59 bits per heavy atom. The van der Waals surface area contributed by atoms with E-state index in [4.69, 9.17) is 14.2 Å². The van der Waals surface area contributed by atoms with E-state index in [0.29, 0.717) is 12.8 Å². The molecule has 2 bridgehead atoms. The molecule has 5 heteroatoms. The summed E-state index contributed by atoms with van der Waals surface area (Å²) in [5.74, 6) is -0.965. The maximum Gasteiger partial charge on any atom is 0.338 e. The van der Waals surface area contributed by atoms with Gasteiger partial charge in [0.25, 0.3) is 0 Å². The van der Waals surface area contributed by atoms with E-state index in [2.05, 4.69) is 0 Å². The van der Waals surface area contributed by atoms with Gasteiger partial charge in [-0.1, -0.05) is 0 Å². The summed E-state index contributed by atoms with van der Waals surface area (Å²) >= 11 is 0. The van der Waals surface area contributed by atoms with Crippen LogP contribution < -0.4 is 0 Å². The van der Waals surface area contributed by atoms with Crippen molar-refractivity contribution in [3.05, 3.63) is 0 Å². The van der Waals surface area contributed by atoms with Crippen LogP contribution in [0.1, 0.15) is 38.5 Å². The van der Waals surface area contributed by atoms with Crippen LogP contribution >= 0.6 is 0 Å². The number of carbonyl (C=O) groups excluding carboxylic acids is 1. The highest BCUT2D eigenvalue weighted by Gasteiger charge is 2.64. The van der Waals surface area contributed by atoms with Crippen molar-refractivity contribution in [2.75, 3.05) is 0 Å². The van der Waals surface area contributed by atoms with E-state index in [-0.39, 0.29) is 18.3 Å². The molecule has 1 spiro atoms. The Hall–Kier alpha value is -0.650. The molecule has 0 aromatic carbocycles. The molecular weight excluding hydrogens is 224 g/mol. The molecule has 0 aromatic rings. The van der Waals surface area contributed by atoms with Crippen molar-refractivity contribution in [1.82, 2.24) is 0 Å². The Balaban J connectivity index is 1.63. The minimum absolute atomic E-state index is 0.181. The Morgan fingerprint density at radius 1 is 1.12 bits per heavy atom. The summed E-state index contributed by atoms with van der Waals surface area (Å²) in [6, 6.07) is 0. The van der Waals surface area contributed by atoms with E-state index in [1.54, 1.807) is 0 Å². The fourth-order valence-corrected chi connectivity index (χ4v) is 3.70. The summed E-state index contributed by atoms with van der Waals surface area (Å²) in [6.45, 7) is 0. The fourth-order valence-electron chi connectivity index (χ4n) is 3.70. The van der Waals surface area contributed by atoms with Crippen molar-refractivity contribution in [3.8, 4) is 0 Å². The lowest BCUT2D eigenvalue weighted by Crippen LogP contribution is -2.47. The monoisotopic (exact) mass is 240 g/mol. The van der Waals surface area contributed by atoms with Crippen molar-refractivity contribution in [3.63, 3.8) is 0 Å². The van der Waals surface area contributed by atoms with Crippen LogP contribution in [-0.4, -0.2) is 40.8 Å². The average molecular weight is 240 g/mol. The van der Waals surface area contributed by atoms with E-state index in [0.717, 1.165) is 25.7 Å². The highest BCUT2D eigenvalue weighted by atomic mass is 16.8. The van der Waals surface area contributed by atoms with Gasteiger partial charge < -0.3 is 19.3 Å². The molecule has 4 fully saturated rings. The molecule has 4 aliphatic rings. The quantitative estimate of drug-likeness (QED) is 0.624. The lowest BCUT2D eigenvalue weighted by molar-refractivity contribution is -0.184. The van der Waals surface area contributed by atoms with Gasteiger partial charge in [-0.3, -0.25) is 0 Å². The van der Waals surface area contributed by atoms with Crippen molar-refractivity contribution < 1.29 is 24.1 Å². The average Bonchev–Trinajstić information content (AvgIpc) is 2.91. The van der Waals surface area contributed by atoms with E-state index in [1.165, 1.54) is 0 Å². The number of carbonyl (C=O) groups is 1. The number of esters is 1. The molecule has 17 heavy (non-hydrogen) atoms. The maximum absolute atomic E-state index is 11.5. The summed E-state index contributed by atoms with van der Waals surface area (Å²) in [5, 5.41) is 10.2.